The summed E-state index contributed by atoms with van der Waals surface area (Å²) in [6.45, 7) is 0. The smallest absolute Gasteiger partial charge is 0.416 e. The maximum Gasteiger partial charge on any atom is 0.416 e. The van der Waals surface area contributed by atoms with Crippen molar-refractivity contribution in [2.45, 2.75) is 6.18 Å². The maximum atomic E-state index is 12.7. The SMILES string of the molecule is O=C(Oc1cccc(C(F)(F)F)c1)c1ccc(-c2cccs2)s1. The van der Waals surface area contributed by atoms with Crippen molar-refractivity contribution in [3.8, 4) is 15.5 Å². The highest BCUT2D eigenvalue weighted by atomic mass is 32.1. The fourth-order valence-electron chi connectivity index (χ4n) is 1.89. The van der Waals surface area contributed by atoms with Crippen LogP contribution in [0.4, 0.5) is 13.2 Å². The Morgan fingerprint density at radius 3 is 2.52 bits per heavy atom. The summed E-state index contributed by atoms with van der Waals surface area (Å²) in [5.41, 5.74) is -0.853. The first-order valence-corrected chi connectivity index (χ1v) is 8.16. The van der Waals surface area contributed by atoms with Gasteiger partial charge in [-0.25, -0.2) is 4.79 Å². The number of hydrogen-bond donors (Lipinski definition) is 0. The van der Waals surface area contributed by atoms with Gasteiger partial charge in [0.15, 0.2) is 0 Å². The van der Waals surface area contributed by atoms with Crippen molar-refractivity contribution >= 4 is 28.6 Å². The van der Waals surface area contributed by atoms with E-state index in [1.165, 1.54) is 23.5 Å². The standard InChI is InChI=1S/C16H9F3O2S2/c17-16(18,19)10-3-1-4-11(9-10)21-15(20)14-7-6-13(23-14)12-5-2-8-22-12/h1-9H. The molecule has 0 fully saturated rings. The molecular weight excluding hydrogens is 345 g/mol. The first-order valence-electron chi connectivity index (χ1n) is 6.46. The minimum absolute atomic E-state index is 0.129. The van der Waals surface area contributed by atoms with Crippen molar-refractivity contribution in [1.82, 2.24) is 0 Å². The monoisotopic (exact) mass is 354 g/mol. The molecule has 2 aromatic heterocycles. The summed E-state index contributed by atoms with van der Waals surface area (Å²) < 4.78 is 43.0. The van der Waals surface area contributed by atoms with E-state index >= 15 is 0 Å². The molecule has 0 bridgehead atoms. The Morgan fingerprint density at radius 1 is 1.00 bits per heavy atom. The second kappa shape index (κ2) is 6.17. The molecular formula is C16H9F3O2S2. The number of rotatable bonds is 3. The average molecular weight is 354 g/mol. The molecule has 0 radical (unpaired) electrons. The van der Waals surface area contributed by atoms with Crippen LogP contribution in [0.1, 0.15) is 15.2 Å². The molecule has 0 spiro atoms. The lowest BCUT2D eigenvalue weighted by atomic mass is 10.2. The molecule has 7 heteroatoms. The van der Waals surface area contributed by atoms with Crippen LogP contribution >= 0.6 is 22.7 Å². The molecule has 0 aliphatic rings. The highest BCUT2D eigenvalue weighted by molar-refractivity contribution is 7.22. The van der Waals surface area contributed by atoms with Crippen LogP contribution in [-0.4, -0.2) is 5.97 Å². The van der Waals surface area contributed by atoms with Gasteiger partial charge in [-0.1, -0.05) is 12.1 Å². The predicted molar refractivity (Wildman–Crippen MR) is 84.0 cm³/mol. The Bertz CT molecular complexity index is 820. The van der Waals surface area contributed by atoms with E-state index in [0.717, 1.165) is 21.9 Å². The molecule has 0 aliphatic carbocycles. The average Bonchev–Trinajstić information content (AvgIpc) is 3.18. The lowest BCUT2D eigenvalue weighted by Crippen LogP contribution is -2.08. The normalized spacial score (nSPS) is 11.4. The second-order valence-corrected chi connectivity index (χ2v) is 6.59. The molecule has 0 unspecified atom stereocenters. The number of ether oxygens (including phenoxy) is 1. The Morgan fingerprint density at radius 2 is 1.83 bits per heavy atom. The van der Waals surface area contributed by atoms with Crippen LogP contribution in [0.2, 0.25) is 0 Å². The highest BCUT2D eigenvalue weighted by Gasteiger charge is 2.30. The van der Waals surface area contributed by atoms with Gasteiger partial charge in [-0.15, -0.1) is 22.7 Å². The van der Waals surface area contributed by atoms with Gasteiger partial charge in [0, 0.05) is 9.75 Å². The molecule has 23 heavy (non-hydrogen) atoms. The van der Waals surface area contributed by atoms with Gasteiger partial charge in [0.1, 0.15) is 10.6 Å². The van der Waals surface area contributed by atoms with Crippen molar-refractivity contribution in [1.29, 1.82) is 0 Å². The number of thiophene rings is 2. The predicted octanol–water partition coefficient (Wildman–Crippen LogP) is 5.71. The van der Waals surface area contributed by atoms with E-state index in [0.29, 0.717) is 4.88 Å². The Hall–Kier alpha value is -2.12. The summed E-state index contributed by atoms with van der Waals surface area (Å²) >= 11 is 2.78. The van der Waals surface area contributed by atoms with Gasteiger partial charge in [0.25, 0.3) is 0 Å². The minimum atomic E-state index is -4.47. The first kappa shape index (κ1) is 15.8. The van der Waals surface area contributed by atoms with E-state index in [4.69, 9.17) is 4.74 Å². The van der Waals surface area contributed by atoms with Crippen LogP contribution in [0.15, 0.2) is 53.9 Å². The zero-order chi connectivity index (χ0) is 16.4. The van der Waals surface area contributed by atoms with Crippen molar-refractivity contribution in [2.75, 3.05) is 0 Å². The molecule has 2 heterocycles. The molecule has 0 N–H and O–H groups in total. The van der Waals surface area contributed by atoms with Gasteiger partial charge >= 0.3 is 12.1 Å². The van der Waals surface area contributed by atoms with Gasteiger partial charge in [0.05, 0.1) is 5.56 Å². The topological polar surface area (TPSA) is 26.3 Å². The largest absolute Gasteiger partial charge is 0.422 e. The lowest BCUT2D eigenvalue weighted by Gasteiger charge is -2.08. The molecule has 0 saturated carbocycles. The fraction of sp³-hybridized carbons (Fsp3) is 0.0625. The fourth-order valence-corrected chi connectivity index (χ4v) is 3.61. The minimum Gasteiger partial charge on any atom is -0.422 e. The van der Waals surface area contributed by atoms with Crippen molar-refractivity contribution in [3.05, 3.63) is 64.4 Å². The van der Waals surface area contributed by atoms with Crippen LogP contribution < -0.4 is 4.74 Å². The van der Waals surface area contributed by atoms with E-state index in [-0.39, 0.29) is 5.75 Å². The van der Waals surface area contributed by atoms with Crippen LogP contribution in [0.25, 0.3) is 9.75 Å². The highest BCUT2D eigenvalue weighted by Crippen LogP contribution is 2.33. The number of halogens is 3. The summed E-state index contributed by atoms with van der Waals surface area (Å²) in [7, 11) is 0. The first-order chi connectivity index (χ1) is 10.9. The number of carbonyl (C=O) groups is 1. The molecule has 0 atom stereocenters. The number of benzene rings is 1. The summed E-state index contributed by atoms with van der Waals surface area (Å²) in [6.07, 6.45) is -4.47. The van der Waals surface area contributed by atoms with Gasteiger partial charge < -0.3 is 4.74 Å². The zero-order valence-electron chi connectivity index (χ0n) is 11.5. The molecule has 0 amide bonds. The summed E-state index contributed by atoms with van der Waals surface area (Å²) in [4.78, 5) is 14.3. The van der Waals surface area contributed by atoms with Crippen LogP contribution in [0, 0.1) is 0 Å². The van der Waals surface area contributed by atoms with Crippen LogP contribution in [0.3, 0.4) is 0 Å². The van der Waals surface area contributed by atoms with E-state index in [1.54, 1.807) is 23.5 Å². The third kappa shape index (κ3) is 3.62. The summed E-state index contributed by atoms with van der Waals surface area (Å²) in [5.74, 6) is -0.798. The van der Waals surface area contributed by atoms with Gasteiger partial charge in [-0.2, -0.15) is 13.2 Å². The van der Waals surface area contributed by atoms with E-state index < -0.39 is 17.7 Å². The summed E-state index contributed by atoms with van der Waals surface area (Å²) in [5, 5.41) is 1.93. The van der Waals surface area contributed by atoms with Crippen molar-refractivity contribution in [2.24, 2.45) is 0 Å². The maximum absolute atomic E-state index is 12.7. The molecule has 3 rings (SSSR count). The second-order valence-electron chi connectivity index (χ2n) is 4.56. The Labute approximate surface area is 137 Å². The van der Waals surface area contributed by atoms with Crippen molar-refractivity contribution in [3.63, 3.8) is 0 Å². The molecule has 2 nitrogen and oxygen atoms in total. The molecule has 0 saturated heterocycles. The molecule has 1 aromatic carbocycles. The van der Waals surface area contributed by atoms with Gasteiger partial charge in [-0.3, -0.25) is 0 Å². The molecule has 3 aromatic rings. The quantitative estimate of drug-likeness (QED) is 0.444. The number of esters is 1. The van der Waals surface area contributed by atoms with Gasteiger partial charge in [0.2, 0.25) is 0 Å². The number of carbonyl (C=O) groups excluding carboxylic acids is 1. The van der Waals surface area contributed by atoms with Crippen molar-refractivity contribution < 1.29 is 22.7 Å². The Kier molecular flexibility index (Phi) is 4.23. The van der Waals surface area contributed by atoms with E-state index in [1.807, 2.05) is 17.5 Å². The Balaban J connectivity index is 1.77. The number of hydrogen-bond acceptors (Lipinski definition) is 4. The third-order valence-corrected chi connectivity index (χ3v) is 5.07. The van der Waals surface area contributed by atoms with Crippen LogP contribution in [-0.2, 0) is 6.18 Å². The third-order valence-electron chi connectivity index (χ3n) is 2.94. The van der Waals surface area contributed by atoms with Crippen LogP contribution in [0.5, 0.6) is 5.75 Å². The number of alkyl halides is 3. The van der Waals surface area contributed by atoms with E-state index in [9.17, 15) is 18.0 Å². The van der Waals surface area contributed by atoms with Gasteiger partial charge in [-0.05, 0) is 41.8 Å². The lowest BCUT2D eigenvalue weighted by molar-refractivity contribution is -0.137. The molecule has 118 valence electrons. The summed E-state index contributed by atoms with van der Waals surface area (Å²) in [6, 6.07) is 11.5. The molecule has 0 aliphatic heterocycles. The zero-order valence-corrected chi connectivity index (χ0v) is 13.1. The van der Waals surface area contributed by atoms with E-state index in [2.05, 4.69) is 0 Å².